The van der Waals surface area contributed by atoms with Gasteiger partial charge in [-0.1, -0.05) is 79.2 Å². The zero-order valence-electron chi connectivity index (χ0n) is 23.8. The van der Waals surface area contributed by atoms with Crippen molar-refractivity contribution in [2.45, 2.75) is 52.3 Å². The SMILES string of the molecule is CC[C@@H](C)NC(=O)CN1C(=O)CS[C@@H](c2cccc(C)c2)c2c(-c3ccccc3)nn(-c3cccc(C)c3C)c21. The lowest BCUT2D eigenvalue weighted by atomic mass is 9.98. The van der Waals surface area contributed by atoms with Crippen LogP contribution in [0.1, 0.15) is 53.3 Å². The normalized spacial score (nSPS) is 15.9. The van der Waals surface area contributed by atoms with Crippen LogP contribution in [0.4, 0.5) is 5.82 Å². The number of anilines is 1. The summed E-state index contributed by atoms with van der Waals surface area (Å²) in [7, 11) is 0. The van der Waals surface area contributed by atoms with Crippen molar-refractivity contribution in [2.75, 3.05) is 17.2 Å². The first-order valence-corrected chi connectivity index (χ1v) is 14.9. The van der Waals surface area contributed by atoms with E-state index in [1.54, 1.807) is 16.7 Å². The Bertz CT molecular complexity index is 1550. The monoisotopic (exact) mass is 552 g/mol. The second-order valence-corrected chi connectivity index (χ2v) is 11.6. The standard InChI is InChI=1S/C33H36N4O2S/c1-6-23(4)34-28(38)19-36-29(39)20-40-32(26-16-10-12-21(2)18-26)30-31(25-14-8-7-9-15-25)35-37(33(30)36)27-17-11-13-22(3)24(27)5/h7-18,23,32H,6,19-20H2,1-5H3,(H,34,38)/t23-,32+/m1/s1. The van der Waals surface area contributed by atoms with Crippen molar-refractivity contribution in [2.24, 2.45) is 0 Å². The van der Waals surface area contributed by atoms with Crippen LogP contribution in [0.2, 0.25) is 0 Å². The fourth-order valence-electron chi connectivity index (χ4n) is 5.12. The molecule has 0 saturated carbocycles. The maximum absolute atomic E-state index is 13.9. The molecule has 0 spiro atoms. The Hall–Kier alpha value is -3.84. The van der Waals surface area contributed by atoms with Crippen LogP contribution < -0.4 is 10.2 Å². The van der Waals surface area contributed by atoms with Crippen molar-refractivity contribution in [1.29, 1.82) is 0 Å². The van der Waals surface area contributed by atoms with E-state index in [-0.39, 0.29) is 35.4 Å². The number of hydrogen-bond donors (Lipinski definition) is 1. The number of nitrogens with one attached hydrogen (secondary N) is 1. The van der Waals surface area contributed by atoms with E-state index in [1.807, 2.05) is 48.9 Å². The number of hydrogen-bond acceptors (Lipinski definition) is 4. The maximum Gasteiger partial charge on any atom is 0.240 e. The van der Waals surface area contributed by atoms with Gasteiger partial charge in [-0.3, -0.25) is 14.5 Å². The third-order valence-corrected chi connectivity index (χ3v) is 8.86. The van der Waals surface area contributed by atoms with Crippen molar-refractivity contribution >= 4 is 29.4 Å². The third-order valence-electron chi connectivity index (χ3n) is 7.61. The van der Waals surface area contributed by atoms with Gasteiger partial charge in [-0.25, -0.2) is 4.68 Å². The van der Waals surface area contributed by atoms with Gasteiger partial charge in [0, 0.05) is 17.2 Å². The van der Waals surface area contributed by atoms with Crippen molar-refractivity contribution in [3.05, 3.63) is 101 Å². The molecular weight excluding hydrogens is 516 g/mol. The van der Waals surface area contributed by atoms with Crippen molar-refractivity contribution in [1.82, 2.24) is 15.1 Å². The minimum absolute atomic E-state index is 0.0206. The van der Waals surface area contributed by atoms with Gasteiger partial charge in [-0.05, 0) is 56.9 Å². The first kappa shape index (κ1) is 27.7. The summed E-state index contributed by atoms with van der Waals surface area (Å²) in [5.41, 5.74) is 8.11. The highest BCUT2D eigenvalue weighted by Gasteiger charge is 2.38. The summed E-state index contributed by atoms with van der Waals surface area (Å²) in [6.07, 6.45) is 0.814. The molecule has 4 aromatic rings. The van der Waals surface area contributed by atoms with Crippen LogP contribution in [-0.4, -0.2) is 39.9 Å². The third kappa shape index (κ3) is 5.43. The quantitative estimate of drug-likeness (QED) is 0.282. The maximum atomic E-state index is 13.9. The van der Waals surface area contributed by atoms with Gasteiger partial charge in [-0.15, -0.1) is 11.8 Å². The summed E-state index contributed by atoms with van der Waals surface area (Å²) in [6.45, 7) is 10.2. The average molecular weight is 553 g/mol. The number of amides is 2. The van der Waals surface area contributed by atoms with Gasteiger partial charge in [-0.2, -0.15) is 5.10 Å². The molecule has 1 aliphatic heterocycles. The summed E-state index contributed by atoms with van der Waals surface area (Å²) < 4.78 is 1.89. The Labute approximate surface area is 240 Å². The van der Waals surface area contributed by atoms with Gasteiger partial charge in [0.2, 0.25) is 11.8 Å². The van der Waals surface area contributed by atoms with Crippen LogP contribution in [0, 0.1) is 20.8 Å². The first-order chi connectivity index (χ1) is 19.3. The zero-order chi connectivity index (χ0) is 28.4. The molecule has 3 aromatic carbocycles. The molecule has 5 rings (SSSR count). The molecule has 2 atom stereocenters. The first-order valence-electron chi connectivity index (χ1n) is 13.8. The number of nitrogens with zero attached hydrogens (tertiary/aromatic N) is 3. The molecule has 1 aliphatic rings. The van der Waals surface area contributed by atoms with Crippen molar-refractivity contribution in [3.8, 4) is 16.9 Å². The lowest BCUT2D eigenvalue weighted by molar-refractivity contribution is -0.123. The predicted molar refractivity (Wildman–Crippen MR) is 164 cm³/mol. The van der Waals surface area contributed by atoms with E-state index in [0.29, 0.717) is 5.82 Å². The van der Waals surface area contributed by atoms with E-state index in [2.05, 4.69) is 68.6 Å². The lowest BCUT2D eigenvalue weighted by Crippen LogP contribution is -2.44. The molecule has 2 heterocycles. The van der Waals surface area contributed by atoms with Crippen LogP contribution in [0.5, 0.6) is 0 Å². The summed E-state index contributed by atoms with van der Waals surface area (Å²) in [5.74, 6) is 0.632. The molecule has 1 N–H and O–H groups in total. The van der Waals surface area contributed by atoms with Crippen LogP contribution in [0.25, 0.3) is 16.9 Å². The topological polar surface area (TPSA) is 67.2 Å². The molecule has 1 aromatic heterocycles. The number of rotatable bonds is 7. The van der Waals surface area contributed by atoms with Gasteiger partial charge in [0.05, 0.1) is 22.4 Å². The summed E-state index contributed by atoms with van der Waals surface area (Å²) in [5, 5.41) is 8.13. The van der Waals surface area contributed by atoms with E-state index in [4.69, 9.17) is 5.10 Å². The molecule has 2 amide bonds. The molecule has 40 heavy (non-hydrogen) atoms. The minimum atomic E-state index is -0.178. The summed E-state index contributed by atoms with van der Waals surface area (Å²) in [6, 6.07) is 24.7. The molecular formula is C33H36N4O2S. The summed E-state index contributed by atoms with van der Waals surface area (Å²) >= 11 is 1.59. The Morgan fingerprint density at radius 1 is 1.05 bits per heavy atom. The molecule has 6 nitrogen and oxygen atoms in total. The Balaban J connectivity index is 1.81. The highest BCUT2D eigenvalue weighted by Crippen LogP contribution is 2.48. The van der Waals surface area contributed by atoms with Gasteiger partial charge in [0.15, 0.2) is 0 Å². The molecule has 0 saturated heterocycles. The highest BCUT2D eigenvalue weighted by atomic mass is 32.2. The van der Waals surface area contributed by atoms with Gasteiger partial charge >= 0.3 is 0 Å². The van der Waals surface area contributed by atoms with E-state index in [1.165, 1.54) is 0 Å². The molecule has 0 unspecified atom stereocenters. The van der Waals surface area contributed by atoms with E-state index in [9.17, 15) is 9.59 Å². The fraction of sp³-hybridized carbons (Fsp3) is 0.303. The van der Waals surface area contributed by atoms with Crippen LogP contribution >= 0.6 is 11.8 Å². The Kier molecular flexibility index (Phi) is 8.12. The smallest absolute Gasteiger partial charge is 0.240 e. The van der Waals surface area contributed by atoms with Crippen molar-refractivity contribution < 1.29 is 9.59 Å². The largest absolute Gasteiger partial charge is 0.352 e. The molecule has 0 bridgehead atoms. The Morgan fingerprint density at radius 2 is 1.80 bits per heavy atom. The van der Waals surface area contributed by atoms with E-state index in [0.717, 1.165) is 51.2 Å². The number of carbonyl (C=O) groups excluding carboxylic acids is 2. The minimum Gasteiger partial charge on any atom is -0.352 e. The number of carbonyl (C=O) groups is 2. The zero-order valence-corrected chi connectivity index (χ0v) is 24.6. The van der Waals surface area contributed by atoms with E-state index < -0.39 is 0 Å². The van der Waals surface area contributed by atoms with Crippen LogP contribution in [0.15, 0.2) is 72.8 Å². The number of thioether (sulfide) groups is 1. The van der Waals surface area contributed by atoms with Gasteiger partial charge < -0.3 is 5.32 Å². The van der Waals surface area contributed by atoms with Crippen LogP contribution in [-0.2, 0) is 9.59 Å². The van der Waals surface area contributed by atoms with Gasteiger partial charge in [0.1, 0.15) is 12.4 Å². The number of fused-ring (bicyclic) bond motifs is 1. The molecule has 0 radical (unpaired) electrons. The number of aromatic nitrogens is 2. The van der Waals surface area contributed by atoms with Gasteiger partial charge in [0.25, 0.3) is 0 Å². The van der Waals surface area contributed by atoms with E-state index >= 15 is 0 Å². The Morgan fingerprint density at radius 3 is 2.52 bits per heavy atom. The fourth-order valence-corrected chi connectivity index (χ4v) is 6.31. The molecule has 206 valence electrons. The van der Waals surface area contributed by atoms with Crippen LogP contribution in [0.3, 0.4) is 0 Å². The average Bonchev–Trinajstić information content (AvgIpc) is 3.27. The molecule has 0 fully saturated rings. The lowest BCUT2D eigenvalue weighted by Gasteiger charge is -2.24. The number of benzene rings is 3. The second kappa shape index (κ2) is 11.7. The summed E-state index contributed by atoms with van der Waals surface area (Å²) in [4.78, 5) is 28.8. The molecule has 0 aliphatic carbocycles. The second-order valence-electron chi connectivity index (χ2n) is 10.5. The predicted octanol–water partition coefficient (Wildman–Crippen LogP) is 6.55. The van der Waals surface area contributed by atoms with Crippen molar-refractivity contribution in [3.63, 3.8) is 0 Å². The number of aryl methyl sites for hydroxylation is 2. The highest BCUT2D eigenvalue weighted by molar-refractivity contribution is 8.00. The molecule has 7 heteroatoms.